The highest BCUT2D eigenvalue weighted by molar-refractivity contribution is 6.03. The molecule has 16 heteroatoms. The number of allylic oxidation sites excluding steroid dienone is 2. The zero-order chi connectivity index (χ0) is 37.5. The number of anilines is 2. The predicted octanol–water partition coefficient (Wildman–Crippen LogP) is 3.78. The van der Waals surface area contributed by atoms with Crippen molar-refractivity contribution in [2.24, 2.45) is 11.5 Å². The molecule has 4 heterocycles. The van der Waals surface area contributed by atoms with Crippen LogP contribution in [0.2, 0.25) is 0 Å². The van der Waals surface area contributed by atoms with E-state index in [1.54, 1.807) is 70.0 Å². The van der Waals surface area contributed by atoms with Gasteiger partial charge in [0, 0.05) is 24.2 Å². The Morgan fingerprint density at radius 3 is 1.90 bits per heavy atom. The van der Waals surface area contributed by atoms with Crippen LogP contribution in [-0.2, 0) is 26.2 Å². The van der Waals surface area contributed by atoms with Gasteiger partial charge in [-0.25, -0.2) is 9.97 Å². The molecular weight excluding hydrogens is 664 g/mol. The van der Waals surface area contributed by atoms with Gasteiger partial charge in [0.25, 0.3) is 5.91 Å². The second-order valence-corrected chi connectivity index (χ2v) is 11.9. The number of hydrogen-bond acceptors (Lipinski definition) is 9. The number of unbranched alkanes of at least 4 members (excludes halogenated alkanes) is 1. The number of rotatable bonds is 14. The van der Waals surface area contributed by atoms with E-state index in [9.17, 15) is 19.2 Å². The molecule has 0 unspecified atom stereocenters. The zero-order valence-corrected chi connectivity index (χ0v) is 29.0. The average molecular weight is 705 g/mol. The number of primary amides is 2. The van der Waals surface area contributed by atoms with E-state index < -0.39 is 11.8 Å². The smallest absolute Gasteiger partial charge is 0.276 e. The molecule has 0 aliphatic carbocycles. The largest absolute Gasteiger partial charge is 0.369 e. The van der Waals surface area contributed by atoms with E-state index in [0.29, 0.717) is 83.7 Å². The number of amides is 3. The summed E-state index contributed by atoms with van der Waals surface area (Å²) in [6.45, 7) is 13.0. The molecule has 0 radical (unpaired) electrons. The minimum Gasteiger partial charge on any atom is -0.369 e. The second-order valence-electron chi connectivity index (χ2n) is 11.9. The Morgan fingerprint density at radius 2 is 1.31 bits per heavy atom. The Balaban J connectivity index is 0.000000407. The highest BCUT2D eigenvalue weighted by atomic mass is 16.2. The number of nitrogens with one attached hydrogen (secondary N) is 1. The fourth-order valence-electron chi connectivity index (χ4n) is 5.77. The summed E-state index contributed by atoms with van der Waals surface area (Å²) in [6.07, 6.45) is 5.60. The number of fused-ring (bicyclic) bond motifs is 2. The first kappa shape index (κ1) is 36.4. The van der Waals surface area contributed by atoms with Gasteiger partial charge in [-0.15, -0.1) is 13.2 Å². The molecule has 0 saturated heterocycles. The lowest BCUT2D eigenvalue weighted by Crippen LogP contribution is -2.20. The van der Waals surface area contributed by atoms with Crippen molar-refractivity contribution in [3.05, 3.63) is 108 Å². The number of aromatic nitrogens is 8. The Labute approximate surface area is 298 Å². The molecule has 4 aromatic heterocycles. The number of carbonyl (C=O) groups excluding carboxylic acids is 4. The van der Waals surface area contributed by atoms with Gasteiger partial charge in [-0.2, -0.15) is 10.2 Å². The van der Waals surface area contributed by atoms with Gasteiger partial charge in [0.2, 0.25) is 23.7 Å². The topological polar surface area (TPSA) is 230 Å². The van der Waals surface area contributed by atoms with Crippen LogP contribution in [0, 0.1) is 13.8 Å². The van der Waals surface area contributed by atoms with Crippen LogP contribution in [0.4, 0.5) is 11.9 Å². The Kier molecular flexibility index (Phi) is 11.1. The number of hydrogen-bond donors (Lipinski definition) is 4. The van der Waals surface area contributed by atoms with E-state index in [2.05, 4.69) is 38.6 Å². The Bertz CT molecular complexity index is 2320. The zero-order valence-electron chi connectivity index (χ0n) is 29.0. The monoisotopic (exact) mass is 704 g/mol. The van der Waals surface area contributed by atoms with Gasteiger partial charge in [0.1, 0.15) is 11.4 Å². The van der Waals surface area contributed by atoms with Crippen molar-refractivity contribution in [1.29, 1.82) is 0 Å². The van der Waals surface area contributed by atoms with E-state index in [1.165, 1.54) is 0 Å². The Morgan fingerprint density at radius 1 is 0.769 bits per heavy atom. The number of benzene rings is 2. The normalized spacial score (nSPS) is 10.9. The summed E-state index contributed by atoms with van der Waals surface area (Å²) in [4.78, 5) is 55.9. The van der Waals surface area contributed by atoms with Crippen LogP contribution in [0.25, 0.3) is 22.1 Å². The summed E-state index contributed by atoms with van der Waals surface area (Å²) >= 11 is 0. The molecule has 6 rings (SSSR count). The molecular formula is C36H40N12O4. The summed E-state index contributed by atoms with van der Waals surface area (Å²) in [7, 11) is 0. The summed E-state index contributed by atoms with van der Waals surface area (Å²) in [5.74, 6) is -0.787. The number of carbonyl (C=O) groups is 4. The Hall–Kier alpha value is -6.84. The second kappa shape index (κ2) is 15.8. The minimum absolute atomic E-state index is 0.321. The van der Waals surface area contributed by atoms with Crippen LogP contribution >= 0.6 is 0 Å². The lowest BCUT2D eigenvalue weighted by Gasteiger charge is -2.12. The maximum absolute atomic E-state index is 13.3. The summed E-state index contributed by atoms with van der Waals surface area (Å²) in [5.41, 5.74) is 22.9. The van der Waals surface area contributed by atoms with Gasteiger partial charge in [-0.1, -0.05) is 12.2 Å². The molecule has 0 bridgehead atoms. The molecule has 0 fully saturated rings. The van der Waals surface area contributed by atoms with Crippen molar-refractivity contribution in [3.8, 4) is 0 Å². The van der Waals surface area contributed by atoms with Gasteiger partial charge in [0.05, 0.1) is 46.5 Å². The molecule has 0 spiro atoms. The van der Waals surface area contributed by atoms with Crippen LogP contribution < -0.4 is 22.5 Å². The van der Waals surface area contributed by atoms with Crippen molar-refractivity contribution in [3.63, 3.8) is 0 Å². The number of aryl methyl sites for hydroxylation is 4. The molecule has 7 N–H and O–H groups in total. The molecule has 0 aliphatic heterocycles. The standard InChI is InChI=1S/C28H30N10O3.C8H10N2O/c1-3-10-38-23(13-16(2)35-38)26(41)34-28-33-20-15-18(25(30)40)7-9-22(20)37(28)12-5-4-11-36-21-8-6-17(24(29)39)14-19(21)32-27(36)31;1-3-4-10-8(6-11)5-7(2)9-10/h3,6-9,13-15H,1,4-5,10-12H2,2H3,(H2,29,39)(H2,30,40)(H2,31,32)(H,33,34,41);3,5-6H,1,4H2,2H3. The van der Waals surface area contributed by atoms with Gasteiger partial charge in [-0.05, 0) is 75.2 Å². The van der Waals surface area contributed by atoms with Crippen molar-refractivity contribution in [2.75, 3.05) is 11.1 Å². The van der Waals surface area contributed by atoms with E-state index in [0.717, 1.165) is 29.4 Å². The minimum atomic E-state index is -0.566. The van der Waals surface area contributed by atoms with E-state index in [-0.39, 0.29) is 5.91 Å². The molecule has 2 aromatic carbocycles. The van der Waals surface area contributed by atoms with Gasteiger partial charge in [-0.3, -0.25) is 33.9 Å². The van der Waals surface area contributed by atoms with Crippen LogP contribution in [0.1, 0.15) is 65.9 Å². The molecule has 6 aromatic rings. The average Bonchev–Trinajstić information content (AvgIpc) is 3.85. The molecule has 16 nitrogen and oxygen atoms in total. The van der Waals surface area contributed by atoms with Gasteiger partial charge in [0.15, 0.2) is 6.29 Å². The van der Waals surface area contributed by atoms with Crippen LogP contribution in [0.15, 0.2) is 73.8 Å². The van der Waals surface area contributed by atoms with Crippen molar-refractivity contribution >= 4 is 58.0 Å². The third-order valence-corrected chi connectivity index (χ3v) is 8.13. The maximum atomic E-state index is 13.3. The SMILES string of the molecule is C=CCn1nc(C)cc1C(=O)Nc1nc2cc(C(N)=O)ccc2n1CCCCn1c(N)nc2cc(C(N)=O)ccc21.C=CCn1nc(C)cc1C=O. The maximum Gasteiger partial charge on any atom is 0.276 e. The summed E-state index contributed by atoms with van der Waals surface area (Å²) < 4.78 is 6.97. The fraction of sp³-hybridized carbons (Fsp3) is 0.222. The fourth-order valence-corrected chi connectivity index (χ4v) is 5.77. The lowest BCUT2D eigenvalue weighted by atomic mass is 10.2. The van der Waals surface area contributed by atoms with Crippen molar-refractivity contribution < 1.29 is 19.2 Å². The molecule has 3 amide bonds. The molecule has 0 saturated carbocycles. The highest BCUT2D eigenvalue weighted by Crippen LogP contribution is 2.24. The van der Waals surface area contributed by atoms with Crippen LogP contribution in [0.5, 0.6) is 0 Å². The highest BCUT2D eigenvalue weighted by Gasteiger charge is 2.19. The number of nitrogen functional groups attached to an aromatic ring is 1. The first-order valence-electron chi connectivity index (χ1n) is 16.4. The number of nitrogens with zero attached hydrogens (tertiary/aromatic N) is 8. The third kappa shape index (κ3) is 7.96. The van der Waals surface area contributed by atoms with Crippen LogP contribution in [0.3, 0.4) is 0 Å². The summed E-state index contributed by atoms with van der Waals surface area (Å²) in [6, 6.07) is 13.5. The predicted molar refractivity (Wildman–Crippen MR) is 198 cm³/mol. The van der Waals surface area contributed by atoms with Crippen LogP contribution in [-0.4, -0.2) is 62.7 Å². The first-order chi connectivity index (χ1) is 24.9. The van der Waals surface area contributed by atoms with E-state index in [1.807, 2.05) is 23.0 Å². The number of aldehydes is 1. The summed E-state index contributed by atoms with van der Waals surface area (Å²) in [5, 5.41) is 11.3. The molecule has 0 aliphatic rings. The number of imidazole rings is 2. The first-order valence-corrected chi connectivity index (χ1v) is 16.4. The molecule has 268 valence electrons. The molecule has 0 atom stereocenters. The third-order valence-electron chi connectivity index (χ3n) is 8.13. The van der Waals surface area contributed by atoms with Crippen molar-refractivity contribution in [1.82, 2.24) is 38.7 Å². The number of nitrogens with two attached hydrogens (primary N) is 3. The van der Waals surface area contributed by atoms with Gasteiger partial charge < -0.3 is 26.3 Å². The quantitative estimate of drug-likeness (QED) is 0.0733. The van der Waals surface area contributed by atoms with Gasteiger partial charge >= 0.3 is 0 Å². The molecule has 52 heavy (non-hydrogen) atoms. The van der Waals surface area contributed by atoms with Crippen molar-refractivity contribution in [2.45, 2.75) is 52.9 Å². The van der Waals surface area contributed by atoms with E-state index in [4.69, 9.17) is 17.2 Å². The van der Waals surface area contributed by atoms with E-state index >= 15 is 0 Å². The lowest BCUT2D eigenvalue weighted by molar-refractivity contribution is 0.0992.